The van der Waals surface area contributed by atoms with Gasteiger partial charge in [-0.1, -0.05) is 0 Å². The maximum Gasteiger partial charge on any atom is 0.333 e. The lowest BCUT2D eigenvalue weighted by molar-refractivity contribution is 0.0485. The molecule has 1 aromatic heterocycles. The Labute approximate surface area is 89.2 Å². The van der Waals surface area contributed by atoms with E-state index in [1.54, 1.807) is 0 Å². The van der Waals surface area contributed by atoms with Crippen molar-refractivity contribution in [2.75, 3.05) is 0 Å². The van der Waals surface area contributed by atoms with Crippen LogP contribution in [0.15, 0.2) is 10.7 Å². The second-order valence-corrected chi connectivity index (χ2v) is 3.90. The average Bonchev–Trinajstić information content (AvgIpc) is 2.43. The van der Waals surface area contributed by atoms with Crippen LogP contribution in [0.2, 0.25) is 0 Å². The Morgan fingerprint density at radius 1 is 1.57 bits per heavy atom. The minimum atomic E-state index is -2.61. The van der Waals surface area contributed by atoms with E-state index in [0.717, 1.165) is 0 Å². The Hall–Kier alpha value is -0.490. The van der Waals surface area contributed by atoms with Gasteiger partial charge in [-0.3, -0.25) is 0 Å². The zero-order valence-electron chi connectivity index (χ0n) is 7.88. The molecular formula is C8H11BrF2N2O. The molecule has 0 fully saturated rings. The number of nitrogens with zero attached hydrogens (tertiary/aromatic N) is 2. The summed E-state index contributed by atoms with van der Waals surface area (Å²) >= 11 is 3.14. The molecule has 1 rings (SSSR count). The van der Waals surface area contributed by atoms with E-state index in [-0.39, 0.29) is 12.7 Å². The highest BCUT2D eigenvalue weighted by molar-refractivity contribution is 9.10. The molecule has 0 saturated carbocycles. The molecule has 0 bridgehead atoms. The summed E-state index contributed by atoms with van der Waals surface area (Å²) < 4.78 is 30.8. The summed E-state index contributed by atoms with van der Waals surface area (Å²) in [5, 5.41) is 3.68. The quantitative estimate of drug-likeness (QED) is 0.840. The van der Waals surface area contributed by atoms with Crippen LogP contribution in [0.25, 0.3) is 0 Å². The molecule has 14 heavy (non-hydrogen) atoms. The average molecular weight is 269 g/mol. The number of hydrogen-bond donors (Lipinski definition) is 0. The highest BCUT2D eigenvalue weighted by Gasteiger charge is 2.12. The molecule has 0 amide bonds. The smallest absolute Gasteiger partial charge is 0.333 e. The molecule has 0 unspecified atom stereocenters. The maximum absolute atomic E-state index is 12.2. The van der Waals surface area contributed by atoms with Crippen LogP contribution in [0.4, 0.5) is 8.78 Å². The van der Waals surface area contributed by atoms with Crippen molar-refractivity contribution in [1.29, 1.82) is 0 Å². The van der Waals surface area contributed by atoms with Crippen LogP contribution in [-0.2, 0) is 11.3 Å². The van der Waals surface area contributed by atoms with Gasteiger partial charge >= 0.3 is 6.55 Å². The normalized spacial score (nSPS) is 11.6. The van der Waals surface area contributed by atoms with Crippen molar-refractivity contribution in [3.63, 3.8) is 0 Å². The molecule has 1 aromatic rings. The molecule has 3 nitrogen and oxygen atoms in total. The van der Waals surface area contributed by atoms with Crippen molar-refractivity contribution < 1.29 is 13.5 Å². The first-order valence-corrected chi connectivity index (χ1v) is 4.93. The van der Waals surface area contributed by atoms with Crippen LogP contribution in [0.3, 0.4) is 0 Å². The zero-order valence-corrected chi connectivity index (χ0v) is 9.46. The largest absolute Gasteiger partial charge is 0.372 e. The summed E-state index contributed by atoms with van der Waals surface area (Å²) in [6.45, 7) is 1.37. The molecule has 0 N–H and O–H groups in total. The molecule has 6 heteroatoms. The van der Waals surface area contributed by atoms with Gasteiger partial charge in [0.15, 0.2) is 0 Å². The molecule has 0 saturated heterocycles. The van der Waals surface area contributed by atoms with Crippen LogP contribution in [0, 0.1) is 0 Å². The third kappa shape index (κ3) is 3.02. The van der Waals surface area contributed by atoms with Gasteiger partial charge in [0.05, 0.1) is 17.2 Å². The van der Waals surface area contributed by atoms with E-state index < -0.39 is 6.55 Å². The van der Waals surface area contributed by atoms with E-state index in [0.29, 0.717) is 14.8 Å². The van der Waals surface area contributed by atoms with Gasteiger partial charge in [0.25, 0.3) is 0 Å². The Kier molecular flexibility index (Phi) is 4.00. The number of hydrogen-bond acceptors (Lipinski definition) is 2. The molecule has 0 spiro atoms. The van der Waals surface area contributed by atoms with Gasteiger partial charge in [0, 0.05) is 6.20 Å². The Balaban J connectivity index is 2.67. The molecule has 1 heterocycles. The number of ether oxygens (including phenoxy) is 1. The van der Waals surface area contributed by atoms with E-state index in [9.17, 15) is 8.78 Å². The van der Waals surface area contributed by atoms with Gasteiger partial charge in [0.2, 0.25) is 0 Å². The predicted octanol–water partition coefficient (Wildman–Crippen LogP) is 2.97. The molecular weight excluding hydrogens is 258 g/mol. The fourth-order valence-corrected chi connectivity index (χ4v) is 1.25. The molecule has 0 aliphatic heterocycles. The minimum absolute atomic E-state index is 0.0543. The van der Waals surface area contributed by atoms with Crippen molar-refractivity contribution >= 4 is 15.9 Å². The van der Waals surface area contributed by atoms with Crippen molar-refractivity contribution in [1.82, 2.24) is 9.78 Å². The van der Waals surface area contributed by atoms with Crippen LogP contribution < -0.4 is 0 Å². The number of aromatic nitrogens is 2. The van der Waals surface area contributed by atoms with Crippen LogP contribution >= 0.6 is 15.9 Å². The SMILES string of the molecule is CC(C)OCc1nn(C(F)F)cc1Br. The van der Waals surface area contributed by atoms with E-state index >= 15 is 0 Å². The van der Waals surface area contributed by atoms with Crippen molar-refractivity contribution in [3.05, 3.63) is 16.4 Å². The molecule has 0 aromatic carbocycles. The first-order chi connectivity index (χ1) is 6.50. The predicted molar refractivity (Wildman–Crippen MR) is 51.1 cm³/mol. The maximum atomic E-state index is 12.2. The molecule has 0 atom stereocenters. The topological polar surface area (TPSA) is 27.1 Å². The van der Waals surface area contributed by atoms with E-state index in [1.807, 2.05) is 13.8 Å². The summed E-state index contributed by atoms with van der Waals surface area (Å²) in [5.41, 5.74) is 0.485. The lowest BCUT2D eigenvalue weighted by Crippen LogP contribution is -2.04. The first-order valence-electron chi connectivity index (χ1n) is 4.14. The number of halogens is 3. The Bertz CT molecular complexity index is 302. The summed E-state index contributed by atoms with van der Waals surface area (Å²) in [7, 11) is 0. The molecule has 0 aliphatic carbocycles. The van der Waals surface area contributed by atoms with Crippen molar-refractivity contribution in [2.45, 2.75) is 33.1 Å². The van der Waals surface area contributed by atoms with E-state index in [1.165, 1.54) is 6.20 Å². The zero-order chi connectivity index (χ0) is 10.7. The highest BCUT2D eigenvalue weighted by Crippen LogP contribution is 2.19. The van der Waals surface area contributed by atoms with Gasteiger partial charge in [0.1, 0.15) is 5.69 Å². The summed E-state index contributed by atoms with van der Waals surface area (Å²) in [5.74, 6) is 0. The molecule has 80 valence electrons. The summed E-state index contributed by atoms with van der Waals surface area (Å²) in [6, 6.07) is 0. The van der Waals surface area contributed by atoms with Crippen molar-refractivity contribution in [2.24, 2.45) is 0 Å². The highest BCUT2D eigenvalue weighted by atomic mass is 79.9. The molecule has 0 aliphatic rings. The number of rotatable bonds is 4. The lowest BCUT2D eigenvalue weighted by atomic mass is 10.4. The monoisotopic (exact) mass is 268 g/mol. The third-order valence-electron chi connectivity index (χ3n) is 1.51. The standard InChI is InChI=1S/C8H11BrF2N2O/c1-5(2)14-4-7-6(9)3-13(12-7)8(10)11/h3,5,8H,4H2,1-2H3. The summed E-state index contributed by atoms with van der Waals surface area (Å²) in [4.78, 5) is 0. The Morgan fingerprint density at radius 3 is 2.64 bits per heavy atom. The van der Waals surface area contributed by atoms with E-state index in [2.05, 4.69) is 21.0 Å². The second kappa shape index (κ2) is 4.84. The Morgan fingerprint density at radius 2 is 2.21 bits per heavy atom. The third-order valence-corrected chi connectivity index (χ3v) is 2.17. The fraction of sp³-hybridized carbons (Fsp3) is 0.625. The van der Waals surface area contributed by atoms with Gasteiger partial charge in [-0.25, -0.2) is 4.68 Å². The minimum Gasteiger partial charge on any atom is -0.372 e. The van der Waals surface area contributed by atoms with Gasteiger partial charge < -0.3 is 4.74 Å². The van der Waals surface area contributed by atoms with E-state index in [4.69, 9.17) is 4.74 Å². The lowest BCUT2D eigenvalue weighted by Gasteiger charge is -2.04. The van der Waals surface area contributed by atoms with Crippen molar-refractivity contribution in [3.8, 4) is 0 Å². The summed E-state index contributed by atoms with van der Waals surface area (Å²) in [6.07, 6.45) is 1.29. The van der Waals surface area contributed by atoms with Gasteiger partial charge in [-0.05, 0) is 29.8 Å². The van der Waals surface area contributed by atoms with Gasteiger partial charge in [-0.2, -0.15) is 13.9 Å². The van der Waals surface area contributed by atoms with Crippen LogP contribution in [0.1, 0.15) is 26.1 Å². The second-order valence-electron chi connectivity index (χ2n) is 3.04. The molecule has 0 radical (unpaired) electrons. The first kappa shape index (κ1) is 11.6. The van der Waals surface area contributed by atoms with Crippen LogP contribution in [0.5, 0.6) is 0 Å². The van der Waals surface area contributed by atoms with Crippen LogP contribution in [-0.4, -0.2) is 15.9 Å². The van der Waals surface area contributed by atoms with Gasteiger partial charge in [-0.15, -0.1) is 0 Å². The fourth-order valence-electron chi connectivity index (χ4n) is 0.850. The number of alkyl halides is 2.